The molecule has 4 nitrogen and oxygen atoms in total. The maximum Gasteiger partial charge on any atom is 0.322 e. The first-order valence-corrected chi connectivity index (χ1v) is 4.30. The molecule has 0 saturated heterocycles. The summed E-state index contributed by atoms with van der Waals surface area (Å²) in [5, 5.41) is 11.2. The second-order valence-electron chi connectivity index (χ2n) is 3.24. The number of nitrogens with one attached hydrogen (secondary N) is 1. The molecule has 0 saturated carbocycles. The van der Waals surface area contributed by atoms with E-state index in [9.17, 15) is 4.79 Å². The van der Waals surface area contributed by atoms with Gasteiger partial charge in [0.25, 0.3) is 0 Å². The topological polar surface area (TPSA) is 62.1 Å². The summed E-state index contributed by atoms with van der Waals surface area (Å²) in [6, 6.07) is 1.57. The van der Waals surface area contributed by atoms with E-state index in [2.05, 4.69) is 10.1 Å². The highest BCUT2D eigenvalue weighted by Gasteiger charge is 2.18. The molecule has 13 heavy (non-hydrogen) atoms. The van der Waals surface area contributed by atoms with Crippen molar-refractivity contribution in [3.63, 3.8) is 0 Å². The fraction of sp³-hybridized carbons (Fsp3) is 0.778. The third-order valence-electron chi connectivity index (χ3n) is 1.62. The Morgan fingerprint density at radius 3 is 2.62 bits per heavy atom. The van der Waals surface area contributed by atoms with E-state index in [1.807, 2.05) is 19.9 Å². The molecule has 0 aliphatic rings. The molecular formula is C9H16N2O2. The number of esters is 1. The van der Waals surface area contributed by atoms with Gasteiger partial charge in [-0.3, -0.25) is 10.1 Å². The molecule has 0 bridgehead atoms. The van der Waals surface area contributed by atoms with Crippen molar-refractivity contribution in [1.29, 1.82) is 5.26 Å². The van der Waals surface area contributed by atoms with E-state index in [4.69, 9.17) is 5.26 Å². The molecule has 0 amide bonds. The molecule has 0 spiro atoms. The van der Waals surface area contributed by atoms with E-state index in [1.165, 1.54) is 7.11 Å². The summed E-state index contributed by atoms with van der Waals surface area (Å²) in [5.74, 6) is 0.0965. The zero-order valence-corrected chi connectivity index (χ0v) is 8.33. The first kappa shape index (κ1) is 11.9. The van der Waals surface area contributed by atoms with Crippen LogP contribution in [0.4, 0.5) is 0 Å². The molecule has 0 aliphatic carbocycles. The van der Waals surface area contributed by atoms with Crippen LogP contribution in [0.25, 0.3) is 0 Å². The van der Waals surface area contributed by atoms with Gasteiger partial charge in [0, 0.05) is 0 Å². The van der Waals surface area contributed by atoms with Crippen LogP contribution in [0.15, 0.2) is 0 Å². The molecule has 0 heterocycles. The SMILES string of the molecule is COC(=O)[C@H](CC(C)C)NCC#N. The number of nitrogens with zero attached hydrogens (tertiary/aromatic N) is 1. The number of hydrogen-bond acceptors (Lipinski definition) is 4. The highest BCUT2D eigenvalue weighted by Crippen LogP contribution is 2.05. The minimum absolute atomic E-state index is 0.173. The van der Waals surface area contributed by atoms with E-state index in [0.29, 0.717) is 12.3 Å². The Morgan fingerprint density at radius 2 is 2.23 bits per heavy atom. The van der Waals surface area contributed by atoms with Gasteiger partial charge in [-0.15, -0.1) is 0 Å². The minimum atomic E-state index is -0.357. The fourth-order valence-corrected chi connectivity index (χ4v) is 1.05. The van der Waals surface area contributed by atoms with Gasteiger partial charge in [0.05, 0.1) is 19.7 Å². The van der Waals surface area contributed by atoms with Gasteiger partial charge >= 0.3 is 5.97 Å². The zero-order valence-electron chi connectivity index (χ0n) is 8.33. The Morgan fingerprint density at radius 1 is 1.62 bits per heavy atom. The number of ether oxygens (including phenoxy) is 1. The number of hydrogen-bond donors (Lipinski definition) is 1. The highest BCUT2D eigenvalue weighted by molar-refractivity contribution is 5.75. The lowest BCUT2D eigenvalue weighted by Gasteiger charge is -2.16. The monoisotopic (exact) mass is 184 g/mol. The molecule has 4 heteroatoms. The second kappa shape index (κ2) is 6.44. The van der Waals surface area contributed by atoms with Gasteiger partial charge in [0.15, 0.2) is 0 Å². The Kier molecular flexibility index (Phi) is 5.90. The molecule has 1 atom stereocenters. The van der Waals surface area contributed by atoms with Crippen molar-refractivity contribution in [3.8, 4) is 6.07 Å². The molecule has 0 rings (SSSR count). The van der Waals surface area contributed by atoms with Crippen LogP contribution in [0.3, 0.4) is 0 Å². The number of rotatable bonds is 5. The summed E-state index contributed by atoms with van der Waals surface area (Å²) in [6.45, 7) is 4.21. The quantitative estimate of drug-likeness (QED) is 0.504. The first-order valence-electron chi connectivity index (χ1n) is 4.30. The van der Waals surface area contributed by atoms with Crippen LogP contribution in [0.5, 0.6) is 0 Å². The fourth-order valence-electron chi connectivity index (χ4n) is 1.05. The summed E-state index contributed by atoms with van der Waals surface area (Å²) in [5.41, 5.74) is 0. The Labute approximate surface area is 78.9 Å². The smallest absolute Gasteiger partial charge is 0.322 e. The normalized spacial score (nSPS) is 12.2. The average Bonchev–Trinajstić information content (AvgIpc) is 2.10. The molecule has 0 radical (unpaired) electrons. The predicted molar refractivity (Wildman–Crippen MR) is 48.9 cm³/mol. The lowest BCUT2D eigenvalue weighted by Crippen LogP contribution is -2.38. The predicted octanol–water partition coefficient (Wildman–Crippen LogP) is 0.687. The van der Waals surface area contributed by atoms with Gasteiger partial charge in [0.1, 0.15) is 6.04 Å². The summed E-state index contributed by atoms with van der Waals surface area (Å²) < 4.78 is 4.60. The standard InChI is InChI=1S/C9H16N2O2/c1-7(2)6-8(9(12)13-3)11-5-4-10/h7-8,11H,5-6H2,1-3H3/t8-/m0/s1. The van der Waals surface area contributed by atoms with Crippen molar-refractivity contribution < 1.29 is 9.53 Å². The van der Waals surface area contributed by atoms with E-state index >= 15 is 0 Å². The van der Waals surface area contributed by atoms with Crippen LogP contribution in [0.2, 0.25) is 0 Å². The summed E-state index contributed by atoms with van der Waals surface area (Å²) in [6.07, 6.45) is 0.689. The molecule has 0 fully saturated rings. The number of nitriles is 1. The molecule has 0 aromatic carbocycles. The maximum atomic E-state index is 11.2. The van der Waals surface area contributed by atoms with Crippen molar-refractivity contribution in [1.82, 2.24) is 5.32 Å². The number of methoxy groups -OCH3 is 1. The van der Waals surface area contributed by atoms with E-state index in [1.54, 1.807) is 0 Å². The van der Waals surface area contributed by atoms with Gasteiger partial charge in [-0.25, -0.2) is 0 Å². The molecule has 0 aliphatic heterocycles. The second-order valence-corrected chi connectivity index (χ2v) is 3.24. The van der Waals surface area contributed by atoms with Crippen molar-refractivity contribution in [3.05, 3.63) is 0 Å². The van der Waals surface area contributed by atoms with Crippen molar-refractivity contribution in [2.75, 3.05) is 13.7 Å². The van der Waals surface area contributed by atoms with Crippen LogP contribution in [0.1, 0.15) is 20.3 Å². The van der Waals surface area contributed by atoms with Crippen LogP contribution in [0, 0.1) is 17.2 Å². The summed E-state index contributed by atoms with van der Waals surface area (Å²) in [4.78, 5) is 11.2. The summed E-state index contributed by atoms with van der Waals surface area (Å²) >= 11 is 0. The van der Waals surface area contributed by atoms with E-state index in [-0.39, 0.29) is 18.6 Å². The lowest BCUT2D eigenvalue weighted by atomic mass is 10.0. The number of carbonyl (C=O) groups is 1. The summed E-state index contributed by atoms with van der Waals surface area (Å²) in [7, 11) is 1.35. The molecule has 0 aromatic rings. The van der Waals surface area contributed by atoms with Crippen LogP contribution >= 0.6 is 0 Å². The van der Waals surface area contributed by atoms with Crippen LogP contribution < -0.4 is 5.32 Å². The van der Waals surface area contributed by atoms with Gasteiger partial charge in [0.2, 0.25) is 0 Å². The van der Waals surface area contributed by atoms with Gasteiger partial charge in [-0.1, -0.05) is 13.8 Å². The largest absolute Gasteiger partial charge is 0.468 e. The van der Waals surface area contributed by atoms with E-state index in [0.717, 1.165) is 0 Å². The molecule has 74 valence electrons. The molecule has 1 N–H and O–H groups in total. The van der Waals surface area contributed by atoms with E-state index < -0.39 is 0 Å². The minimum Gasteiger partial charge on any atom is -0.468 e. The van der Waals surface area contributed by atoms with Crippen LogP contribution in [-0.4, -0.2) is 25.7 Å². The Hall–Kier alpha value is -1.08. The van der Waals surface area contributed by atoms with Gasteiger partial charge in [-0.05, 0) is 12.3 Å². The molecule has 0 unspecified atom stereocenters. The zero-order chi connectivity index (χ0) is 10.3. The highest BCUT2D eigenvalue weighted by atomic mass is 16.5. The van der Waals surface area contributed by atoms with Crippen LogP contribution in [-0.2, 0) is 9.53 Å². The molecule has 0 aromatic heterocycles. The van der Waals surface area contributed by atoms with Crippen molar-refractivity contribution in [2.24, 2.45) is 5.92 Å². The Balaban J connectivity index is 4.04. The molecular weight excluding hydrogens is 168 g/mol. The first-order chi connectivity index (χ1) is 6.11. The van der Waals surface area contributed by atoms with Crippen molar-refractivity contribution >= 4 is 5.97 Å². The van der Waals surface area contributed by atoms with Crippen molar-refractivity contribution in [2.45, 2.75) is 26.3 Å². The Bertz CT molecular complexity index is 196. The number of carbonyl (C=O) groups excluding carboxylic acids is 1. The van der Waals surface area contributed by atoms with Gasteiger partial charge in [-0.2, -0.15) is 5.26 Å². The third-order valence-corrected chi connectivity index (χ3v) is 1.62. The third kappa shape index (κ3) is 5.21. The average molecular weight is 184 g/mol. The van der Waals surface area contributed by atoms with Gasteiger partial charge < -0.3 is 4.74 Å². The maximum absolute atomic E-state index is 11.2. The lowest BCUT2D eigenvalue weighted by molar-refractivity contribution is -0.143.